The zero-order valence-electron chi connectivity index (χ0n) is 11.7. The second-order valence-electron chi connectivity index (χ2n) is 4.78. The Morgan fingerprint density at radius 1 is 1.29 bits per heavy atom. The fourth-order valence-electron chi connectivity index (χ4n) is 2.05. The maximum atomic E-state index is 12.3. The van der Waals surface area contributed by atoms with Crippen LogP contribution in [-0.4, -0.2) is 25.1 Å². The Bertz CT molecular complexity index is 808. The number of nitrogens with zero attached hydrogens (tertiary/aromatic N) is 5. The SMILES string of the molecule is CCCCc1noc(Cn2nnc3ccccc3c2=O)n1. The molecule has 0 aliphatic rings. The van der Waals surface area contributed by atoms with Gasteiger partial charge in [0.15, 0.2) is 5.82 Å². The molecular formula is C14H15N5O2. The van der Waals surface area contributed by atoms with Crippen molar-refractivity contribution in [2.45, 2.75) is 32.7 Å². The van der Waals surface area contributed by atoms with Crippen molar-refractivity contribution in [3.63, 3.8) is 0 Å². The number of aryl methyl sites for hydroxylation is 1. The van der Waals surface area contributed by atoms with E-state index in [2.05, 4.69) is 27.4 Å². The minimum atomic E-state index is -0.214. The van der Waals surface area contributed by atoms with Crippen LogP contribution < -0.4 is 5.56 Å². The van der Waals surface area contributed by atoms with E-state index in [9.17, 15) is 4.79 Å². The van der Waals surface area contributed by atoms with Crippen LogP contribution in [0.15, 0.2) is 33.6 Å². The highest BCUT2D eigenvalue weighted by Gasteiger charge is 2.10. The van der Waals surface area contributed by atoms with Crippen LogP contribution in [0, 0.1) is 0 Å². The van der Waals surface area contributed by atoms with Crippen LogP contribution in [0.5, 0.6) is 0 Å². The van der Waals surface area contributed by atoms with Crippen molar-refractivity contribution in [1.82, 2.24) is 25.1 Å². The molecule has 0 spiro atoms. The minimum Gasteiger partial charge on any atom is -0.337 e. The summed E-state index contributed by atoms with van der Waals surface area (Å²) < 4.78 is 6.38. The van der Waals surface area contributed by atoms with Crippen molar-refractivity contribution in [3.05, 3.63) is 46.3 Å². The molecule has 0 aliphatic heterocycles. The molecule has 3 rings (SSSR count). The second kappa shape index (κ2) is 5.82. The van der Waals surface area contributed by atoms with Crippen molar-refractivity contribution in [3.8, 4) is 0 Å². The van der Waals surface area contributed by atoms with Gasteiger partial charge in [-0.1, -0.05) is 35.8 Å². The number of hydrogen-bond donors (Lipinski definition) is 0. The third kappa shape index (κ3) is 2.81. The Morgan fingerprint density at radius 3 is 3.00 bits per heavy atom. The maximum absolute atomic E-state index is 12.3. The monoisotopic (exact) mass is 285 g/mol. The van der Waals surface area contributed by atoms with Crippen LogP contribution >= 0.6 is 0 Å². The van der Waals surface area contributed by atoms with Gasteiger partial charge in [0.2, 0.25) is 5.89 Å². The molecule has 0 N–H and O–H groups in total. The molecule has 3 aromatic rings. The van der Waals surface area contributed by atoms with Gasteiger partial charge in [0, 0.05) is 6.42 Å². The summed E-state index contributed by atoms with van der Waals surface area (Å²) in [4.78, 5) is 16.5. The molecule has 0 atom stereocenters. The molecule has 7 heteroatoms. The van der Waals surface area contributed by atoms with Gasteiger partial charge in [0.05, 0.1) is 5.39 Å². The molecule has 2 aromatic heterocycles. The van der Waals surface area contributed by atoms with Crippen LogP contribution in [0.2, 0.25) is 0 Å². The zero-order valence-corrected chi connectivity index (χ0v) is 11.7. The predicted molar refractivity (Wildman–Crippen MR) is 75.8 cm³/mol. The van der Waals surface area contributed by atoms with Crippen LogP contribution in [0.1, 0.15) is 31.5 Å². The van der Waals surface area contributed by atoms with Crippen LogP contribution in [0.25, 0.3) is 10.9 Å². The fraction of sp³-hybridized carbons (Fsp3) is 0.357. The second-order valence-corrected chi connectivity index (χ2v) is 4.78. The van der Waals surface area contributed by atoms with Crippen molar-refractivity contribution in [2.24, 2.45) is 0 Å². The highest BCUT2D eigenvalue weighted by molar-refractivity contribution is 5.76. The molecule has 0 radical (unpaired) electrons. The molecule has 108 valence electrons. The summed E-state index contributed by atoms with van der Waals surface area (Å²) in [6.07, 6.45) is 2.85. The van der Waals surface area contributed by atoms with Crippen LogP contribution in [0.4, 0.5) is 0 Å². The van der Waals surface area contributed by atoms with E-state index in [1.807, 2.05) is 6.07 Å². The Kier molecular flexibility index (Phi) is 3.72. The van der Waals surface area contributed by atoms with Gasteiger partial charge in [0.1, 0.15) is 12.1 Å². The maximum Gasteiger partial charge on any atom is 0.278 e. The summed E-state index contributed by atoms with van der Waals surface area (Å²) in [5, 5.41) is 12.3. The standard InChI is InChI=1S/C14H15N5O2/c1-2-3-8-12-15-13(21-17-12)9-19-14(20)10-6-4-5-7-11(10)16-18-19/h4-7H,2-3,8-9H2,1H3. The first-order valence-electron chi connectivity index (χ1n) is 6.92. The van der Waals surface area contributed by atoms with Crippen molar-refractivity contribution in [2.75, 3.05) is 0 Å². The van der Waals surface area contributed by atoms with E-state index in [0.29, 0.717) is 22.6 Å². The molecule has 0 unspecified atom stereocenters. The van der Waals surface area contributed by atoms with E-state index in [4.69, 9.17) is 4.52 Å². The quantitative estimate of drug-likeness (QED) is 0.707. The third-order valence-corrected chi connectivity index (χ3v) is 3.18. The van der Waals surface area contributed by atoms with Gasteiger partial charge in [0.25, 0.3) is 5.56 Å². The topological polar surface area (TPSA) is 86.7 Å². The van der Waals surface area contributed by atoms with E-state index >= 15 is 0 Å². The van der Waals surface area contributed by atoms with Crippen molar-refractivity contribution < 1.29 is 4.52 Å². The molecule has 0 amide bonds. The van der Waals surface area contributed by atoms with Gasteiger partial charge < -0.3 is 4.52 Å². The number of fused-ring (bicyclic) bond motifs is 1. The summed E-state index contributed by atoms with van der Waals surface area (Å²) in [5.41, 5.74) is 0.363. The lowest BCUT2D eigenvalue weighted by atomic mass is 10.2. The average molecular weight is 285 g/mol. The summed E-state index contributed by atoms with van der Waals surface area (Å²) in [5.74, 6) is 1.03. The average Bonchev–Trinajstić information content (AvgIpc) is 2.96. The van der Waals surface area contributed by atoms with E-state index in [1.54, 1.807) is 18.2 Å². The minimum absolute atomic E-state index is 0.135. The van der Waals surface area contributed by atoms with Gasteiger partial charge in [-0.15, -0.1) is 5.10 Å². The smallest absolute Gasteiger partial charge is 0.278 e. The molecule has 1 aromatic carbocycles. The fourth-order valence-corrected chi connectivity index (χ4v) is 2.05. The lowest BCUT2D eigenvalue weighted by molar-refractivity contribution is 0.356. The van der Waals surface area contributed by atoms with Crippen molar-refractivity contribution >= 4 is 10.9 Å². The van der Waals surface area contributed by atoms with E-state index in [-0.39, 0.29) is 12.1 Å². The van der Waals surface area contributed by atoms with Crippen LogP contribution in [-0.2, 0) is 13.0 Å². The Balaban J connectivity index is 1.86. The molecule has 0 bridgehead atoms. The Morgan fingerprint density at radius 2 is 2.14 bits per heavy atom. The lowest BCUT2D eigenvalue weighted by Gasteiger charge is -2.01. The first kappa shape index (κ1) is 13.4. The number of rotatable bonds is 5. The molecule has 2 heterocycles. The van der Waals surface area contributed by atoms with Crippen molar-refractivity contribution in [1.29, 1.82) is 0 Å². The molecule has 0 aliphatic carbocycles. The lowest BCUT2D eigenvalue weighted by Crippen LogP contribution is -2.24. The number of hydrogen-bond acceptors (Lipinski definition) is 6. The van der Waals surface area contributed by atoms with E-state index in [0.717, 1.165) is 19.3 Å². The number of unbranched alkanes of at least 4 members (excludes halogenated alkanes) is 1. The van der Waals surface area contributed by atoms with Gasteiger partial charge in [-0.25, -0.2) is 4.68 Å². The van der Waals surface area contributed by atoms with Gasteiger partial charge >= 0.3 is 0 Å². The molecule has 0 saturated heterocycles. The summed E-state index contributed by atoms with van der Waals surface area (Å²) >= 11 is 0. The third-order valence-electron chi connectivity index (χ3n) is 3.18. The Labute approximate surface area is 120 Å². The number of aromatic nitrogens is 5. The highest BCUT2D eigenvalue weighted by atomic mass is 16.5. The molecule has 21 heavy (non-hydrogen) atoms. The summed E-state index contributed by atoms with van der Waals surface area (Å²) in [6.45, 7) is 2.24. The zero-order chi connectivity index (χ0) is 14.7. The number of benzene rings is 1. The van der Waals surface area contributed by atoms with Gasteiger partial charge in [-0.05, 0) is 18.6 Å². The normalized spacial score (nSPS) is 11.1. The predicted octanol–water partition coefficient (Wildman–Crippen LogP) is 1.57. The Hall–Kier alpha value is -2.57. The molecule has 0 saturated carbocycles. The van der Waals surface area contributed by atoms with Gasteiger partial charge in [-0.2, -0.15) is 4.98 Å². The highest BCUT2D eigenvalue weighted by Crippen LogP contribution is 2.05. The molecule has 0 fully saturated rings. The summed E-state index contributed by atoms with van der Waals surface area (Å²) in [7, 11) is 0. The van der Waals surface area contributed by atoms with E-state index in [1.165, 1.54) is 4.68 Å². The first-order valence-corrected chi connectivity index (χ1v) is 6.92. The largest absolute Gasteiger partial charge is 0.337 e. The summed E-state index contributed by atoms with van der Waals surface area (Å²) in [6, 6.07) is 7.09. The van der Waals surface area contributed by atoms with Gasteiger partial charge in [-0.3, -0.25) is 4.79 Å². The first-order chi connectivity index (χ1) is 10.3. The van der Waals surface area contributed by atoms with E-state index < -0.39 is 0 Å². The molecular weight excluding hydrogens is 270 g/mol. The molecule has 7 nitrogen and oxygen atoms in total. The van der Waals surface area contributed by atoms with Crippen LogP contribution in [0.3, 0.4) is 0 Å².